The second-order valence-corrected chi connectivity index (χ2v) is 5.38. The van der Waals surface area contributed by atoms with Gasteiger partial charge in [0.25, 0.3) is 0 Å². The van der Waals surface area contributed by atoms with Crippen molar-refractivity contribution in [1.29, 1.82) is 0 Å². The number of unbranched alkanes of at least 4 members (excludes halogenated alkanes) is 2. The maximum absolute atomic E-state index is 11.8. The van der Waals surface area contributed by atoms with Gasteiger partial charge in [0, 0.05) is 16.2 Å². The van der Waals surface area contributed by atoms with Crippen LogP contribution in [0.2, 0.25) is 0 Å². The molecular formula is C13H17ClOS. The molecule has 1 aromatic rings. The van der Waals surface area contributed by atoms with Crippen molar-refractivity contribution >= 4 is 22.4 Å². The predicted molar refractivity (Wildman–Crippen MR) is 71.3 cm³/mol. The molecule has 1 rings (SSSR count). The molecule has 0 bridgehead atoms. The van der Waals surface area contributed by atoms with Crippen molar-refractivity contribution in [2.24, 2.45) is 0 Å². The van der Waals surface area contributed by atoms with E-state index in [0.29, 0.717) is 5.88 Å². The van der Waals surface area contributed by atoms with E-state index >= 15 is 0 Å². The molecule has 0 spiro atoms. The van der Waals surface area contributed by atoms with Crippen LogP contribution in [0.3, 0.4) is 0 Å². The molecule has 88 valence electrons. The average Bonchev–Trinajstić information content (AvgIpc) is 2.29. The first kappa shape index (κ1) is 13.5. The van der Waals surface area contributed by atoms with Gasteiger partial charge in [-0.25, -0.2) is 4.21 Å². The number of benzene rings is 1. The summed E-state index contributed by atoms with van der Waals surface area (Å²) >= 11 is 5.57. The van der Waals surface area contributed by atoms with Crippen LogP contribution in [-0.2, 0) is 10.8 Å². The van der Waals surface area contributed by atoms with Gasteiger partial charge in [0.05, 0.1) is 10.8 Å². The van der Waals surface area contributed by atoms with Gasteiger partial charge >= 0.3 is 0 Å². The van der Waals surface area contributed by atoms with Gasteiger partial charge in [0.2, 0.25) is 0 Å². The summed E-state index contributed by atoms with van der Waals surface area (Å²) in [6, 6.07) is 7.78. The maximum Gasteiger partial charge on any atom is 0.0772 e. The maximum atomic E-state index is 11.8. The molecule has 0 aliphatic rings. The Kier molecular flexibility index (Phi) is 6.43. The van der Waals surface area contributed by atoms with Crippen LogP contribution in [-0.4, -0.2) is 10.1 Å². The van der Waals surface area contributed by atoms with Gasteiger partial charge in [0.15, 0.2) is 0 Å². The molecule has 0 N–H and O–H groups in total. The van der Waals surface area contributed by atoms with Gasteiger partial charge < -0.3 is 0 Å². The van der Waals surface area contributed by atoms with Crippen LogP contribution in [0.15, 0.2) is 40.6 Å². The number of rotatable bonds is 6. The van der Waals surface area contributed by atoms with E-state index in [9.17, 15) is 4.21 Å². The Morgan fingerprint density at radius 2 is 1.94 bits per heavy atom. The van der Waals surface area contributed by atoms with Crippen LogP contribution in [0.25, 0.3) is 0 Å². The van der Waals surface area contributed by atoms with Gasteiger partial charge in [0.1, 0.15) is 0 Å². The summed E-state index contributed by atoms with van der Waals surface area (Å²) in [5, 5.41) is 1.76. The highest BCUT2D eigenvalue weighted by molar-refractivity contribution is 7.88. The van der Waals surface area contributed by atoms with E-state index in [1.165, 1.54) is 5.56 Å². The molecule has 1 aromatic carbocycles. The van der Waals surface area contributed by atoms with E-state index in [0.717, 1.165) is 24.2 Å². The lowest BCUT2D eigenvalue weighted by atomic mass is 10.2. The molecule has 0 fully saturated rings. The number of halogens is 1. The number of allylic oxidation sites excluding steroid dienone is 1. The standard InChI is InChI=1S/C13H17ClOS/c1-12-6-8-13(9-7-12)16(15)11-5-3-2-4-10-14/h5-9,11H,2-4,10H2,1H3/b11-5+. The molecule has 16 heavy (non-hydrogen) atoms. The molecule has 0 heterocycles. The van der Waals surface area contributed by atoms with Crippen molar-refractivity contribution in [3.8, 4) is 0 Å². The quantitative estimate of drug-likeness (QED) is 0.555. The SMILES string of the molecule is Cc1ccc(S(=O)/C=C/CCCCCl)cc1. The molecule has 0 aliphatic heterocycles. The van der Waals surface area contributed by atoms with Gasteiger partial charge in [-0.05, 0) is 38.3 Å². The van der Waals surface area contributed by atoms with E-state index in [4.69, 9.17) is 11.6 Å². The first-order valence-electron chi connectivity index (χ1n) is 5.44. The Morgan fingerprint density at radius 1 is 1.25 bits per heavy atom. The van der Waals surface area contributed by atoms with Crippen LogP contribution in [0, 0.1) is 6.92 Å². The zero-order valence-electron chi connectivity index (χ0n) is 9.49. The molecule has 1 unspecified atom stereocenters. The summed E-state index contributed by atoms with van der Waals surface area (Å²) in [4.78, 5) is 0.860. The lowest BCUT2D eigenvalue weighted by molar-refractivity contribution is 0.688. The lowest BCUT2D eigenvalue weighted by Gasteiger charge is -1.97. The van der Waals surface area contributed by atoms with Gasteiger partial charge in [-0.1, -0.05) is 23.8 Å². The summed E-state index contributed by atoms with van der Waals surface area (Å²) in [7, 11) is -1.01. The predicted octanol–water partition coefficient (Wildman–Crippen LogP) is 4.03. The molecule has 3 heteroatoms. The smallest absolute Gasteiger partial charge is 0.0772 e. The average molecular weight is 257 g/mol. The zero-order chi connectivity index (χ0) is 11.8. The highest BCUT2D eigenvalue weighted by Crippen LogP contribution is 2.10. The molecule has 1 atom stereocenters. The van der Waals surface area contributed by atoms with Crippen molar-refractivity contribution in [3.63, 3.8) is 0 Å². The molecular weight excluding hydrogens is 240 g/mol. The van der Waals surface area contributed by atoms with E-state index < -0.39 is 10.8 Å². The Morgan fingerprint density at radius 3 is 2.56 bits per heavy atom. The van der Waals surface area contributed by atoms with Crippen LogP contribution in [0.1, 0.15) is 24.8 Å². The zero-order valence-corrected chi connectivity index (χ0v) is 11.1. The van der Waals surface area contributed by atoms with Crippen molar-refractivity contribution < 1.29 is 4.21 Å². The minimum Gasteiger partial charge on any atom is -0.250 e. The van der Waals surface area contributed by atoms with Crippen molar-refractivity contribution in [2.75, 3.05) is 5.88 Å². The van der Waals surface area contributed by atoms with Crippen molar-refractivity contribution in [3.05, 3.63) is 41.3 Å². The Bertz CT molecular complexity index is 357. The van der Waals surface area contributed by atoms with E-state index in [-0.39, 0.29) is 0 Å². The molecule has 0 saturated carbocycles. The monoisotopic (exact) mass is 256 g/mol. The molecule has 1 nitrogen and oxygen atoms in total. The van der Waals surface area contributed by atoms with Gasteiger partial charge in [-0.15, -0.1) is 11.6 Å². The van der Waals surface area contributed by atoms with Gasteiger partial charge in [-0.3, -0.25) is 0 Å². The van der Waals surface area contributed by atoms with Crippen LogP contribution in [0.4, 0.5) is 0 Å². The molecule has 0 amide bonds. The second-order valence-electron chi connectivity index (χ2n) is 3.67. The van der Waals surface area contributed by atoms with Crippen LogP contribution >= 0.6 is 11.6 Å². The third-order valence-corrected chi connectivity index (χ3v) is 3.67. The Hall–Kier alpha value is -0.600. The van der Waals surface area contributed by atoms with E-state index in [1.54, 1.807) is 5.41 Å². The highest BCUT2D eigenvalue weighted by Gasteiger charge is 1.97. The van der Waals surface area contributed by atoms with Crippen molar-refractivity contribution in [2.45, 2.75) is 31.1 Å². The van der Waals surface area contributed by atoms with Crippen LogP contribution in [0.5, 0.6) is 0 Å². The second kappa shape index (κ2) is 7.64. The third-order valence-electron chi connectivity index (χ3n) is 2.23. The molecule has 0 aliphatic carbocycles. The third kappa shape index (κ3) is 4.95. The number of hydrogen-bond acceptors (Lipinski definition) is 1. The number of alkyl halides is 1. The summed E-state index contributed by atoms with van der Waals surface area (Å²) in [5.74, 6) is 0.703. The number of aryl methyl sites for hydroxylation is 1. The minimum atomic E-state index is -1.01. The lowest BCUT2D eigenvalue weighted by Crippen LogP contribution is -1.86. The Labute approximate surface area is 105 Å². The fourth-order valence-corrected chi connectivity index (χ4v) is 2.32. The summed E-state index contributed by atoms with van der Waals surface area (Å²) in [5.41, 5.74) is 1.19. The summed E-state index contributed by atoms with van der Waals surface area (Å²) < 4.78 is 11.8. The first-order valence-corrected chi connectivity index (χ1v) is 7.18. The fraction of sp³-hybridized carbons (Fsp3) is 0.385. The first-order chi connectivity index (χ1) is 7.74. The Balaban J connectivity index is 2.43. The summed E-state index contributed by atoms with van der Waals surface area (Å²) in [6.07, 6.45) is 5.00. The minimum absolute atomic E-state index is 0.703. The number of hydrogen-bond donors (Lipinski definition) is 0. The largest absolute Gasteiger partial charge is 0.250 e. The van der Waals surface area contributed by atoms with Crippen LogP contribution < -0.4 is 0 Å². The molecule has 0 aromatic heterocycles. The van der Waals surface area contributed by atoms with Gasteiger partial charge in [-0.2, -0.15) is 0 Å². The van der Waals surface area contributed by atoms with Crippen molar-refractivity contribution in [1.82, 2.24) is 0 Å². The fourth-order valence-electron chi connectivity index (χ4n) is 1.26. The van der Waals surface area contributed by atoms with E-state index in [1.807, 2.05) is 37.3 Å². The molecule has 0 radical (unpaired) electrons. The molecule has 0 saturated heterocycles. The highest BCUT2D eigenvalue weighted by atomic mass is 35.5. The normalized spacial score (nSPS) is 13.1. The van der Waals surface area contributed by atoms with E-state index in [2.05, 4.69) is 0 Å². The topological polar surface area (TPSA) is 17.1 Å². The summed E-state index contributed by atoms with van der Waals surface area (Å²) in [6.45, 7) is 2.02.